The van der Waals surface area contributed by atoms with Gasteiger partial charge in [-0.05, 0) is 38.5 Å². The zero-order valence-corrected chi connectivity index (χ0v) is 12.0. The Kier molecular flexibility index (Phi) is 5.14. The Hall–Kier alpha value is -1.33. The number of hydrogen-bond donors (Lipinski definition) is 2. The second-order valence-corrected chi connectivity index (χ2v) is 5.33. The molecule has 0 aliphatic carbocycles. The molecule has 3 N–H and O–H groups in total. The van der Waals surface area contributed by atoms with Gasteiger partial charge in [0.1, 0.15) is 11.4 Å². The van der Waals surface area contributed by atoms with Crippen molar-refractivity contribution in [1.29, 1.82) is 0 Å². The van der Waals surface area contributed by atoms with E-state index in [2.05, 4.69) is 5.32 Å². The number of carbonyl (C=O) groups is 1. The van der Waals surface area contributed by atoms with Crippen LogP contribution in [0, 0.1) is 5.82 Å². The standard InChI is InChI=1S/C13H18ClFN2O2/c1-13(2,3)19-12(18)17-11-5-10(15)8(6-14)4-9(11)7-16/h4-5H,6-7,16H2,1-3H3,(H,17,18). The zero-order valence-electron chi connectivity index (χ0n) is 11.2. The third-order valence-corrected chi connectivity index (χ3v) is 2.56. The van der Waals surface area contributed by atoms with Crippen LogP contribution >= 0.6 is 11.6 Å². The Morgan fingerprint density at radius 3 is 2.53 bits per heavy atom. The molecule has 4 nitrogen and oxygen atoms in total. The minimum absolute atomic E-state index is 0.0472. The second-order valence-electron chi connectivity index (χ2n) is 5.07. The first kappa shape index (κ1) is 15.7. The molecule has 0 aliphatic rings. The number of ether oxygens (including phenoxy) is 1. The Morgan fingerprint density at radius 2 is 2.05 bits per heavy atom. The molecular formula is C13H18ClFN2O2. The van der Waals surface area contributed by atoms with Gasteiger partial charge in [-0.15, -0.1) is 11.6 Å². The van der Waals surface area contributed by atoms with Gasteiger partial charge in [-0.2, -0.15) is 0 Å². The number of alkyl halides is 1. The highest BCUT2D eigenvalue weighted by Crippen LogP contribution is 2.22. The van der Waals surface area contributed by atoms with E-state index in [0.717, 1.165) is 0 Å². The molecule has 0 fully saturated rings. The SMILES string of the molecule is CC(C)(C)OC(=O)Nc1cc(F)c(CCl)cc1CN. The average molecular weight is 289 g/mol. The summed E-state index contributed by atoms with van der Waals surface area (Å²) in [5, 5.41) is 2.49. The molecule has 0 aliphatic heterocycles. The van der Waals surface area contributed by atoms with Crippen LogP contribution in [0.5, 0.6) is 0 Å². The van der Waals surface area contributed by atoms with E-state index in [0.29, 0.717) is 16.8 Å². The third kappa shape index (κ3) is 4.69. The molecular weight excluding hydrogens is 271 g/mol. The lowest BCUT2D eigenvalue weighted by Crippen LogP contribution is -2.27. The largest absolute Gasteiger partial charge is 0.444 e. The molecule has 1 amide bonds. The molecule has 0 heterocycles. The molecule has 0 saturated heterocycles. The van der Waals surface area contributed by atoms with Crippen LogP contribution in [-0.4, -0.2) is 11.7 Å². The van der Waals surface area contributed by atoms with Crippen LogP contribution in [0.3, 0.4) is 0 Å². The van der Waals surface area contributed by atoms with Crippen LogP contribution in [0.4, 0.5) is 14.9 Å². The predicted molar refractivity (Wildman–Crippen MR) is 73.7 cm³/mol. The fourth-order valence-corrected chi connectivity index (χ4v) is 1.68. The van der Waals surface area contributed by atoms with Gasteiger partial charge in [0.25, 0.3) is 0 Å². The van der Waals surface area contributed by atoms with Gasteiger partial charge in [-0.1, -0.05) is 0 Å². The van der Waals surface area contributed by atoms with E-state index in [1.165, 1.54) is 12.1 Å². The van der Waals surface area contributed by atoms with Crippen molar-refractivity contribution in [2.75, 3.05) is 5.32 Å². The molecule has 0 unspecified atom stereocenters. The normalized spacial score (nSPS) is 11.3. The van der Waals surface area contributed by atoms with E-state index >= 15 is 0 Å². The van der Waals surface area contributed by atoms with Gasteiger partial charge in [-0.3, -0.25) is 5.32 Å². The zero-order chi connectivity index (χ0) is 14.6. The molecule has 0 saturated carbocycles. The number of hydrogen-bond acceptors (Lipinski definition) is 3. The predicted octanol–water partition coefficient (Wildman–Crippen LogP) is 3.37. The molecule has 1 rings (SSSR count). The monoisotopic (exact) mass is 288 g/mol. The van der Waals surface area contributed by atoms with Crippen molar-refractivity contribution in [2.45, 2.75) is 38.8 Å². The number of carbonyl (C=O) groups excluding carboxylic acids is 1. The summed E-state index contributed by atoms with van der Waals surface area (Å²) in [7, 11) is 0. The minimum Gasteiger partial charge on any atom is -0.444 e. The van der Waals surface area contributed by atoms with E-state index in [1.54, 1.807) is 20.8 Å². The van der Waals surface area contributed by atoms with Crippen molar-refractivity contribution in [2.24, 2.45) is 5.73 Å². The van der Waals surface area contributed by atoms with Crippen LogP contribution in [0.15, 0.2) is 12.1 Å². The maximum absolute atomic E-state index is 13.6. The van der Waals surface area contributed by atoms with E-state index in [-0.39, 0.29) is 12.4 Å². The Bertz CT molecular complexity index is 472. The van der Waals surface area contributed by atoms with Crippen molar-refractivity contribution in [3.8, 4) is 0 Å². The van der Waals surface area contributed by atoms with Crippen molar-refractivity contribution < 1.29 is 13.9 Å². The van der Waals surface area contributed by atoms with Gasteiger partial charge in [-0.25, -0.2) is 9.18 Å². The van der Waals surface area contributed by atoms with Crippen molar-refractivity contribution in [3.63, 3.8) is 0 Å². The van der Waals surface area contributed by atoms with Gasteiger partial charge in [0.2, 0.25) is 0 Å². The summed E-state index contributed by atoms with van der Waals surface area (Å²) in [6.45, 7) is 5.39. The van der Waals surface area contributed by atoms with Crippen molar-refractivity contribution >= 4 is 23.4 Å². The highest BCUT2D eigenvalue weighted by molar-refractivity contribution is 6.17. The lowest BCUT2D eigenvalue weighted by atomic mass is 10.1. The molecule has 0 spiro atoms. The number of nitrogens with two attached hydrogens (primary N) is 1. The third-order valence-electron chi connectivity index (χ3n) is 2.27. The van der Waals surface area contributed by atoms with Crippen LogP contribution in [0.2, 0.25) is 0 Å². The highest BCUT2D eigenvalue weighted by atomic mass is 35.5. The topological polar surface area (TPSA) is 64.3 Å². The Labute approximate surface area is 117 Å². The van der Waals surface area contributed by atoms with Crippen LogP contribution in [-0.2, 0) is 17.2 Å². The van der Waals surface area contributed by atoms with Gasteiger partial charge in [0.15, 0.2) is 0 Å². The number of nitrogens with one attached hydrogen (secondary N) is 1. The maximum atomic E-state index is 13.6. The number of rotatable bonds is 3. The first-order valence-corrected chi connectivity index (χ1v) is 6.37. The summed E-state index contributed by atoms with van der Waals surface area (Å²) in [6.07, 6.45) is -0.653. The molecule has 1 aromatic carbocycles. The van der Waals surface area contributed by atoms with Crippen LogP contribution in [0.1, 0.15) is 31.9 Å². The molecule has 0 aromatic heterocycles. The smallest absolute Gasteiger partial charge is 0.412 e. The van der Waals surface area contributed by atoms with E-state index in [9.17, 15) is 9.18 Å². The maximum Gasteiger partial charge on any atom is 0.412 e. The quantitative estimate of drug-likeness (QED) is 0.838. The van der Waals surface area contributed by atoms with Crippen LogP contribution in [0.25, 0.3) is 0 Å². The van der Waals surface area contributed by atoms with Gasteiger partial charge >= 0.3 is 6.09 Å². The summed E-state index contributed by atoms with van der Waals surface area (Å²) in [4.78, 5) is 11.6. The number of amides is 1. The summed E-state index contributed by atoms with van der Waals surface area (Å²) in [5.41, 5.74) is 6.18. The van der Waals surface area contributed by atoms with Gasteiger partial charge in [0.05, 0.1) is 11.6 Å². The van der Waals surface area contributed by atoms with Crippen molar-refractivity contribution in [1.82, 2.24) is 0 Å². The summed E-state index contributed by atoms with van der Waals surface area (Å²) < 4.78 is 18.7. The Morgan fingerprint density at radius 1 is 1.42 bits per heavy atom. The first-order valence-electron chi connectivity index (χ1n) is 5.84. The number of benzene rings is 1. The summed E-state index contributed by atoms with van der Waals surface area (Å²) >= 11 is 5.61. The number of anilines is 1. The van der Waals surface area contributed by atoms with Gasteiger partial charge < -0.3 is 10.5 Å². The van der Waals surface area contributed by atoms with E-state index < -0.39 is 17.5 Å². The summed E-state index contributed by atoms with van der Waals surface area (Å²) in [6, 6.07) is 2.73. The first-order chi connectivity index (χ1) is 8.76. The molecule has 106 valence electrons. The lowest BCUT2D eigenvalue weighted by Gasteiger charge is -2.20. The highest BCUT2D eigenvalue weighted by Gasteiger charge is 2.18. The molecule has 19 heavy (non-hydrogen) atoms. The number of halogens is 2. The van der Waals surface area contributed by atoms with Gasteiger partial charge in [0, 0.05) is 12.1 Å². The summed E-state index contributed by atoms with van der Waals surface area (Å²) in [5.74, 6) is -0.441. The molecule has 0 bridgehead atoms. The van der Waals surface area contributed by atoms with E-state index in [1.807, 2.05) is 0 Å². The fourth-order valence-electron chi connectivity index (χ4n) is 1.47. The average Bonchev–Trinajstić information content (AvgIpc) is 2.26. The molecule has 1 aromatic rings. The molecule has 0 radical (unpaired) electrons. The fraction of sp³-hybridized carbons (Fsp3) is 0.462. The van der Waals surface area contributed by atoms with Crippen molar-refractivity contribution in [3.05, 3.63) is 29.1 Å². The van der Waals surface area contributed by atoms with E-state index in [4.69, 9.17) is 22.1 Å². The van der Waals surface area contributed by atoms with Crippen LogP contribution < -0.4 is 11.1 Å². The Balaban J connectivity index is 2.94. The second kappa shape index (κ2) is 6.21. The molecule has 6 heteroatoms. The molecule has 0 atom stereocenters. The minimum atomic E-state index is -0.653. The lowest BCUT2D eigenvalue weighted by molar-refractivity contribution is 0.0636.